The standard InChI is InChI=1S/C25H34FN5O2.2C2HF3O2/c1-28-14-21(13-27-28)16-30-18-22-17-29(15-20-3-5-23(26)6-4-20)8-2-7-25(22,19-30)24(32)31-9-11-33-12-10-31;2*3-2(4,5)1(6)7/h3-6,13-14,22H,2,7-12,15-19H2,1H3;2*(H,6,7)/t22-,25-;;/m0../s1. The number of nitrogens with zero attached hydrogens (tertiary/aromatic N) is 5. The minimum absolute atomic E-state index is 0.202. The summed E-state index contributed by atoms with van der Waals surface area (Å²) in [5.41, 5.74) is 1.96. The minimum Gasteiger partial charge on any atom is -0.475 e. The zero-order valence-electron chi connectivity index (χ0n) is 25.4. The molecule has 0 saturated carbocycles. The number of halogens is 7. The van der Waals surface area contributed by atoms with E-state index >= 15 is 0 Å². The molecule has 0 aliphatic carbocycles. The second-order valence-corrected chi connectivity index (χ2v) is 11.5. The van der Waals surface area contributed by atoms with Crippen LogP contribution in [0.25, 0.3) is 0 Å². The molecule has 0 bridgehead atoms. The van der Waals surface area contributed by atoms with Crippen molar-refractivity contribution in [2.75, 3.05) is 52.5 Å². The molecule has 2 aromatic rings. The van der Waals surface area contributed by atoms with Gasteiger partial charge in [-0.05, 0) is 43.0 Å². The molecule has 2 atom stereocenters. The third kappa shape index (κ3) is 10.9. The normalized spacial score (nSPS) is 22.2. The highest BCUT2D eigenvalue weighted by Gasteiger charge is 2.54. The monoisotopic (exact) mass is 683 g/mol. The van der Waals surface area contributed by atoms with E-state index in [1.54, 1.807) is 0 Å². The Morgan fingerprint density at radius 1 is 0.894 bits per heavy atom. The van der Waals surface area contributed by atoms with Crippen molar-refractivity contribution < 1.29 is 60.1 Å². The molecule has 1 aromatic heterocycles. The van der Waals surface area contributed by atoms with Gasteiger partial charge in [0.25, 0.3) is 0 Å². The predicted octanol–water partition coefficient (Wildman–Crippen LogP) is 3.40. The van der Waals surface area contributed by atoms with Gasteiger partial charge in [-0.15, -0.1) is 0 Å². The SMILES string of the molecule is Cn1cc(CN2C[C@@H]3CN(Cc4ccc(F)cc4)CCC[C@]3(C(=O)N3CCOCC3)C2)cn1.O=C(O)C(F)(F)F.O=C(O)C(F)(F)F. The summed E-state index contributed by atoms with van der Waals surface area (Å²) in [4.78, 5) is 38.7. The van der Waals surface area contributed by atoms with E-state index in [1.807, 2.05) is 35.0 Å². The summed E-state index contributed by atoms with van der Waals surface area (Å²) in [6.45, 7) is 7.81. The molecule has 47 heavy (non-hydrogen) atoms. The van der Waals surface area contributed by atoms with Crippen molar-refractivity contribution in [1.29, 1.82) is 0 Å². The Morgan fingerprint density at radius 2 is 1.43 bits per heavy atom. The van der Waals surface area contributed by atoms with Crippen LogP contribution >= 0.6 is 0 Å². The number of ether oxygens (including phenoxy) is 1. The van der Waals surface area contributed by atoms with Gasteiger partial charge in [-0.3, -0.25) is 19.3 Å². The molecule has 3 fully saturated rings. The average Bonchev–Trinajstić information content (AvgIpc) is 3.51. The number of rotatable bonds is 5. The number of fused-ring (bicyclic) bond motifs is 1. The number of hydrogen-bond acceptors (Lipinski definition) is 7. The van der Waals surface area contributed by atoms with Gasteiger partial charge in [-0.2, -0.15) is 31.4 Å². The lowest BCUT2D eigenvalue weighted by atomic mass is 9.73. The lowest BCUT2D eigenvalue weighted by molar-refractivity contribution is -0.193. The first-order chi connectivity index (χ1) is 21.9. The number of morpholine rings is 1. The molecule has 3 saturated heterocycles. The third-order valence-electron chi connectivity index (χ3n) is 8.03. The first-order valence-corrected chi connectivity index (χ1v) is 14.5. The number of alkyl halides is 6. The maximum absolute atomic E-state index is 14.0. The van der Waals surface area contributed by atoms with Crippen molar-refractivity contribution in [2.24, 2.45) is 18.4 Å². The topological polar surface area (TPSA) is 128 Å². The van der Waals surface area contributed by atoms with Crippen LogP contribution in [-0.4, -0.2) is 117 Å². The van der Waals surface area contributed by atoms with Crippen LogP contribution in [0.4, 0.5) is 30.7 Å². The van der Waals surface area contributed by atoms with E-state index in [4.69, 9.17) is 24.5 Å². The van der Waals surface area contributed by atoms with Gasteiger partial charge < -0.3 is 19.8 Å². The zero-order valence-corrected chi connectivity index (χ0v) is 25.4. The van der Waals surface area contributed by atoms with Gasteiger partial charge in [0.15, 0.2) is 0 Å². The quantitative estimate of drug-likeness (QED) is 0.456. The van der Waals surface area contributed by atoms with Crippen molar-refractivity contribution in [3.63, 3.8) is 0 Å². The van der Waals surface area contributed by atoms with Crippen LogP contribution in [0.1, 0.15) is 24.0 Å². The largest absolute Gasteiger partial charge is 0.490 e. The molecule has 0 spiro atoms. The fourth-order valence-corrected chi connectivity index (χ4v) is 5.97. The minimum atomic E-state index is -5.08. The summed E-state index contributed by atoms with van der Waals surface area (Å²) in [6.07, 6.45) is -4.27. The number of aromatic nitrogens is 2. The number of aryl methyl sites for hydroxylation is 1. The molecule has 18 heteroatoms. The summed E-state index contributed by atoms with van der Waals surface area (Å²) in [7, 11) is 1.94. The highest BCUT2D eigenvalue weighted by molar-refractivity contribution is 5.84. The Balaban J connectivity index is 0.000000360. The average molecular weight is 684 g/mol. The summed E-state index contributed by atoms with van der Waals surface area (Å²) in [5.74, 6) is -5.13. The fraction of sp³-hybridized carbons (Fsp3) is 0.586. The van der Waals surface area contributed by atoms with Crippen LogP contribution < -0.4 is 0 Å². The number of carbonyl (C=O) groups excluding carboxylic acids is 1. The first kappa shape index (κ1) is 37.7. The van der Waals surface area contributed by atoms with Crippen molar-refractivity contribution in [3.8, 4) is 0 Å². The molecular weight excluding hydrogens is 647 g/mol. The van der Waals surface area contributed by atoms with E-state index in [0.717, 1.165) is 57.7 Å². The Hall–Kier alpha value is -3.77. The number of amides is 1. The maximum atomic E-state index is 14.0. The van der Waals surface area contributed by atoms with Gasteiger partial charge in [0, 0.05) is 64.6 Å². The molecule has 0 radical (unpaired) electrons. The molecule has 2 N–H and O–H groups in total. The van der Waals surface area contributed by atoms with Crippen molar-refractivity contribution in [3.05, 3.63) is 53.6 Å². The maximum Gasteiger partial charge on any atom is 0.490 e. The second kappa shape index (κ2) is 15.9. The van der Waals surface area contributed by atoms with Crippen molar-refractivity contribution >= 4 is 17.8 Å². The fourth-order valence-electron chi connectivity index (χ4n) is 5.97. The highest BCUT2D eigenvalue weighted by atomic mass is 19.4. The van der Waals surface area contributed by atoms with Crippen LogP contribution in [0.15, 0.2) is 36.7 Å². The van der Waals surface area contributed by atoms with Gasteiger partial charge in [0.2, 0.25) is 5.91 Å². The number of hydrogen-bond donors (Lipinski definition) is 2. The lowest BCUT2D eigenvalue weighted by Gasteiger charge is -2.39. The van der Waals surface area contributed by atoms with E-state index in [1.165, 1.54) is 17.7 Å². The molecule has 1 aromatic carbocycles. The smallest absolute Gasteiger partial charge is 0.475 e. The van der Waals surface area contributed by atoms with Gasteiger partial charge in [0.1, 0.15) is 5.82 Å². The number of carboxylic acid groups (broad SMARTS) is 2. The molecular formula is C29H36F7N5O6. The molecule has 4 heterocycles. The summed E-state index contributed by atoms with van der Waals surface area (Å²) >= 11 is 0. The Labute approximate surface area is 265 Å². The van der Waals surface area contributed by atoms with Gasteiger partial charge in [-0.25, -0.2) is 14.0 Å². The second-order valence-electron chi connectivity index (χ2n) is 11.5. The van der Waals surface area contributed by atoms with Crippen LogP contribution in [0.5, 0.6) is 0 Å². The Morgan fingerprint density at radius 3 is 1.94 bits per heavy atom. The van der Waals surface area contributed by atoms with E-state index < -0.39 is 24.3 Å². The third-order valence-corrected chi connectivity index (χ3v) is 8.03. The van der Waals surface area contributed by atoms with Crippen molar-refractivity contribution in [2.45, 2.75) is 38.3 Å². The predicted molar refractivity (Wildman–Crippen MR) is 150 cm³/mol. The van der Waals surface area contributed by atoms with Gasteiger partial charge >= 0.3 is 24.3 Å². The number of benzene rings is 1. The van der Waals surface area contributed by atoms with Crippen LogP contribution in [0.2, 0.25) is 0 Å². The molecule has 3 aliphatic rings. The lowest BCUT2D eigenvalue weighted by Crippen LogP contribution is -2.52. The van der Waals surface area contributed by atoms with E-state index in [9.17, 15) is 35.5 Å². The number of likely N-dealkylation sites (tertiary alicyclic amines) is 2. The van der Waals surface area contributed by atoms with E-state index in [2.05, 4.69) is 21.1 Å². The Bertz CT molecular complexity index is 1320. The van der Waals surface area contributed by atoms with Crippen LogP contribution in [0.3, 0.4) is 0 Å². The van der Waals surface area contributed by atoms with E-state index in [0.29, 0.717) is 32.2 Å². The molecule has 11 nitrogen and oxygen atoms in total. The molecule has 3 aliphatic heterocycles. The number of carboxylic acids is 2. The summed E-state index contributed by atoms with van der Waals surface area (Å²) in [6, 6.07) is 6.81. The van der Waals surface area contributed by atoms with Crippen molar-refractivity contribution in [1.82, 2.24) is 24.5 Å². The summed E-state index contributed by atoms with van der Waals surface area (Å²) in [5, 5.41) is 18.6. The number of carbonyl (C=O) groups is 3. The molecule has 262 valence electrons. The molecule has 1 amide bonds. The molecule has 0 unspecified atom stereocenters. The summed E-state index contributed by atoms with van der Waals surface area (Å²) < 4.78 is 84.2. The van der Waals surface area contributed by atoms with Gasteiger partial charge in [-0.1, -0.05) is 12.1 Å². The van der Waals surface area contributed by atoms with Crippen LogP contribution in [0, 0.1) is 17.2 Å². The highest BCUT2D eigenvalue weighted by Crippen LogP contribution is 2.45. The molecule has 5 rings (SSSR count). The van der Waals surface area contributed by atoms with E-state index in [-0.39, 0.29) is 17.2 Å². The number of aliphatic carboxylic acids is 2. The zero-order chi connectivity index (χ0) is 35.0. The first-order valence-electron chi connectivity index (χ1n) is 14.5. The van der Waals surface area contributed by atoms with Crippen LogP contribution in [-0.2, 0) is 39.3 Å². The Kier molecular flexibility index (Phi) is 12.7. The van der Waals surface area contributed by atoms with Gasteiger partial charge in [0.05, 0.1) is 24.8 Å².